The Bertz CT molecular complexity index is 705. The van der Waals surface area contributed by atoms with E-state index in [1.807, 2.05) is 0 Å². The third kappa shape index (κ3) is 3.12. The van der Waals surface area contributed by atoms with Crippen LogP contribution in [0.4, 0.5) is 11.6 Å². The Kier molecular flexibility index (Phi) is 3.52. The summed E-state index contributed by atoms with van der Waals surface area (Å²) in [6, 6.07) is 3.82. The SMILES string of the molecule is NC(=O)c1cc(NC(=O)c2nc(N)n[nH]2)cc(C(N)=O)c1. The van der Waals surface area contributed by atoms with Crippen molar-refractivity contribution in [3.8, 4) is 0 Å². The largest absolute Gasteiger partial charge is 0.366 e. The number of hydrogen-bond donors (Lipinski definition) is 5. The normalized spacial score (nSPS) is 10.1. The van der Waals surface area contributed by atoms with Crippen LogP contribution in [0.1, 0.15) is 31.3 Å². The van der Waals surface area contributed by atoms with Gasteiger partial charge in [-0.3, -0.25) is 19.5 Å². The van der Waals surface area contributed by atoms with Gasteiger partial charge in [-0.05, 0) is 18.2 Å². The number of benzene rings is 1. The van der Waals surface area contributed by atoms with E-state index in [1.54, 1.807) is 0 Å². The lowest BCUT2D eigenvalue weighted by Gasteiger charge is -2.07. The second-order valence-corrected chi connectivity index (χ2v) is 4.02. The summed E-state index contributed by atoms with van der Waals surface area (Å²) in [4.78, 5) is 37.9. The number of nitrogens with one attached hydrogen (secondary N) is 2. The summed E-state index contributed by atoms with van der Waals surface area (Å²) < 4.78 is 0. The van der Waals surface area contributed by atoms with E-state index in [-0.39, 0.29) is 28.6 Å². The first-order valence-corrected chi connectivity index (χ1v) is 5.60. The highest BCUT2D eigenvalue weighted by atomic mass is 16.2. The fourth-order valence-electron chi connectivity index (χ4n) is 1.55. The number of rotatable bonds is 4. The average molecular weight is 289 g/mol. The topological polar surface area (TPSA) is 183 Å². The molecule has 0 aliphatic rings. The predicted octanol–water partition coefficient (Wildman–Crippen LogP) is -1.16. The molecule has 3 amide bonds. The Hall–Kier alpha value is -3.43. The van der Waals surface area contributed by atoms with Crippen LogP contribution in [0.25, 0.3) is 0 Å². The molecule has 0 saturated carbocycles. The number of aromatic amines is 1. The van der Waals surface area contributed by atoms with Crippen molar-refractivity contribution in [1.82, 2.24) is 15.2 Å². The standard InChI is InChI=1S/C11H11N7O3/c12-7(19)4-1-5(8(13)20)3-6(2-4)15-10(21)9-16-11(14)18-17-9/h1-3H,(H2,12,19)(H2,13,20)(H,15,21)(H3,14,16,17,18). The Morgan fingerprint density at radius 2 is 1.62 bits per heavy atom. The molecule has 0 fully saturated rings. The summed E-state index contributed by atoms with van der Waals surface area (Å²) in [6.45, 7) is 0. The maximum Gasteiger partial charge on any atom is 0.293 e. The molecule has 0 atom stereocenters. The highest BCUT2D eigenvalue weighted by Gasteiger charge is 2.14. The van der Waals surface area contributed by atoms with Crippen molar-refractivity contribution in [2.75, 3.05) is 11.1 Å². The van der Waals surface area contributed by atoms with Gasteiger partial charge in [0.2, 0.25) is 23.6 Å². The van der Waals surface area contributed by atoms with Crippen LogP contribution in [-0.4, -0.2) is 32.9 Å². The lowest BCUT2D eigenvalue weighted by atomic mass is 10.1. The monoisotopic (exact) mass is 289 g/mol. The zero-order chi connectivity index (χ0) is 15.6. The van der Waals surface area contributed by atoms with E-state index in [1.165, 1.54) is 18.2 Å². The Labute approximate surface area is 117 Å². The van der Waals surface area contributed by atoms with Gasteiger partial charge in [0.25, 0.3) is 5.91 Å². The minimum atomic E-state index is -0.766. The lowest BCUT2D eigenvalue weighted by molar-refractivity contribution is 0.0992. The van der Waals surface area contributed by atoms with Gasteiger partial charge in [0.05, 0.1) is 0 Å². The van der Waals surface area contributed by atoms with Gasteiger partial charge >= 0.3 is 0 Å². The molecule has 0 saturated heterocycles. The molecule has 2 aromatic rings. The van der Waals surface area contributed by atoms with E-state index in [4.69, 9.17) is 17.2 Å². The number of hydrogen-bond acceptors (Lipinski definition) is 6. The van der Waals surface area contributed by atoms with Gasteiger partial charge in [-0.25, -0.2) is 0 Å². The fourth-order valence-corrected chi connectivity index (χ4v) is 1.55. The number of nitrogens with zero attached hydrogens (tertiary/aromatic N) is 2. The summed E-state index contributed by atoms with van der Waals surface area (Å²) >= 11 is 0. The quantitative estimate of drug-likeness (QED) is 0.472. The fraction of sp³-hybridized carbons (Fsp3) is 0. The third-order valence-corrected chi connectivity index (χ3v) is 2.48. The maximum absolute atomic E-state index is 11.9. The van der Waals surface area contributed by atoms with Gasteiger partial charge in [0.1, 0.15) is 0 Å². The molecule has 10 nitrogen and oxygen atoms in total. The summed E-state index contributed by atoms with van der Waals surface area (Å²) in [5.41, 5.74) is 15.8. The molecular weight excluding hydrogens is 278 g/mol. The van der Waals surface area contributed by atoms with Gasteiger partial charge in [-0.2, -0.15) is 4.98 Å². The highest BCUT2D eigenvalue weighted by Crippen LogP contribution is 2.15. The van der Waals surface area contributed by atoms with Crippen LogP contribution in [0.5, 0.6) is 0 Å². The molecule has 0 aliphatic heterocycles. The minimum absolute atomic E-state index is 0.0266. The third-order valence-electron chi connectivity index (χ3n) is 2.48. The van der Waals surface area contributed by atoms with E-state index in [0.29, 0.717) is 0 Å². The van der Waals surface area contributed by atoms with E-state index in [9.17, 15) is 14.4 Å². The number of amides is 3. The Morgan fingerprint density at radius 3 is 2.05 bits per heavy atom. The highest BCUT2D eigenvalue weighted by molar-refractivity contribution is 6.05. The van der Waals surface area contributed by atoms with E-state index in [2.05, 4.69) is 20.5 Å². The second-order valence-electron chi connectivity index (χ2n) is 4.02. The molecule has 10 heteroatoms. The van der Waals surface area contributed by atoms with Crippen molar-refractivity contribution in [3.63, 3.8) is 0 Å². The molecule has 0 unspecified atom stereocenters. The maximum atomic E-state index is 11.9. The zero-order valence-electron chi connectivity index (χ0n) is 10.6. The number of carbonyl (C=O) groups excluding carboxylic acids is 3. The number of aromatic nitrogens is 3. The summed E-state index contributed by atoms with van der Waals surface area (Å²) in [5.74, 6) is -2.41. The van der Waals surface area contributed by atoms with Crippen LogP contribution in [0.15, 0.2) is 18.2 Å². The molecule has 108 valence electrons. The molecule has 1 aromatic heterocycles. The summed E-state index contributed by atoms with van der Waals surface area (Å²) in [5, 5.41) is 8.24. The van der Waals surface area contributed by atoms with Crippen molar-refractivity contribution in [2.24, 2.45) is 11.5 Å². The number of anilines is 2. The molecule has 0 aliphatic carbocycles. The summed E-state index contributed by atoms with van der Waals surface area (Å²) in [6.07, 6.45) is 0. The smallest absolute Gasteiger partial charge is 0.293 e. The lowest BCUT2D eigenvalue weighted by Crippen LogP contribution is -2.18. The van der Waals surface area contributed by atoms with Gasteiger partial charge in [0, 0.05) is 16.8 Å². The van der Waals surface area contributed by atoms with Crippen molar-refractivity contribution < 1.29 is 14.4 Å². The Balaban J connectivity index is 2.32. The van der Waals surface area contributed by atoms with Crippen LogP contribution in [-0.2, 0) is 0 Å². The van der Waals surface area contributed by atoms with Crippen molar-refractivity contribution in [2.45, 2.75) is 0 Å². The molecule has 1 heterocycles. The molecule has 2 rings (SSSR count). The van der Waals surface area contributed by atoms with Crippen molar-refractivity contribution in [1.29, 1.82) is 0 Å². The molecule has 0 radical (unpaired) electrons. The van der Waals surface area contributed by atoms with Crippen LogP contribution in [0.2, 0.25) is 0 Å². The second kappa shape index (κ2) is 5.28. The number of nitrogens with two attached hydrogens (primary N) is 3. The van der Waals surface area contributed by atoms with Gasteiger partial charge in [-0.1, -0.05) is 0 Å². The zero-order valence-corrected chi connectivity index (χ0v) is 10.6. The van der Waals surface area contributed by atoms with Crippen LogP contribution in [0.3, 0.4) is 0 Å². The van der Waals surface area contributed by atoms with Crippen molar-refractivity contribution >= 4 is 29.4 Å². The predicted molar refractivity (Wildman–Crippen MR) is 72.2 cm³/mol. The first-order valence-electron chi connectivity index (χ1n) is 5.60. The van der Waals surface area contributed by atoms with Crippen LogP contribution in [0, 0.1) is 0 Å². The number of carbonyl (C=O) groups is 3. The molecule has 0 spiro atoms. The number of nitrogen functional groups attached to an aromatic ring is 1. The Morgan fingerprint density at radius 1 is 1.05 bits per heavy atom. The minimum Gasteiger partial charge on any atom is -0.366 e. The first-order chi connectivity index (χ1) is 9.86. The van der Waals surface area contributed by atoms with Crippen LogP contribution < -0.4 is 22.5 Å². The average Bonchev–Trinajstić information content (AvgIpc) is 2.85. The molecule has 8 N–H and O–H groups in total. The van der Waals surface area contributed by atoms with Crippen molar-refractivity contribution in [3.05, 3.63) is 35.2 Å². The van der Waals surface area contributed by atoms with Crippen LogP contribution >= 0.6 is 0 Å². The van der Waals surface area contributed by atoms with Gasteiger partial charge < -0.3 is 22.5 Å². The number of H-pyrrole nitrogens is 1. The number of primary amides is 2. The molecular formula is C11H11N7O3. The van der Waals surface area contributed by atoms with E-state index >= 15 is 0 Å². The van der Waals surface area contributed by atoms with E-state index < -0.39 is 17.7 Å². The summed E-state index contributed by atoms with van der Waals surface area (Å²) in [7, 11) is 0. The van der Waals surface area contributed by atoms with Gasteiger partial charge in [-0.15, -0.1) is 5.10 Å². The first kappa shape index (κ1) is 14.0. The van der Waals surface area contributed by atoms with Gasteiger partial charge in [0.15, 0.2) is 0 Å². The molecule has 21 heavy (non-hydrogen) atoms. The van der Waals surface area contributed by atoms with E-state index in [0.717, 1.165) is 0 Å². The molecule has 1 aromatic carbocycles. The molecule has 0 bridgehead atoms.